The van der Waals surface area contributed by atoms with Gasteiger partial charge in [-0.05, 0) is 52.4 Å². The van der Waals surface area contributed by atoms with Crippen molar-refractivity contribution >= 4 is 0 Å². The van der Waals surface area contributed by atoms with E-state index in [1.165, 1.54) is 0 Å². The van der Waals surface area contributed by atoms with Crippen LogP contribution in [0.25, 0.3) is 0 Å². The van der Waals surface area contributed by atoms with E-state index in [1.54, 1.807) is 0 Å². The summed E-state index contributed by atoms with van der Waals surface area (Å²) in [5.41, 5.74) is -0.0941. The second-order valence-electron chi connectivity index (χ2n) is 4.78. The van der Waals surface area contributed by atoms with E-state index in [4.69, 9.17) is 0 Å². The summed E-state index contributed by atoms with van der Waals surface area (Å²) in [6, 6.07) is 0. The lowest BCUT2D eigenvalue weighted by molar-refractivity contribution is 0.157. The van der Waals surface area contributed by atoms with Gasteiger partial charge in [-0.15, -0.1) is 0 Å². The fraction of sp³-hybridized carbons (Fsp3) is 1.00. The van der Waals surface area contributed by atoms with Gasteiger partial charge in [0.2, 0.25) is 0 Å². The highest BCUT2D eigenvalue weighted by Gasteiger charge is 2.21. The molecular weight excluding hydrogens is 200 g/mol. The number of aliphatic hydroxyl groups is 1. The average molecular weight is 230 g/mol. The lowest BCUT2D eigenvalue weighted by Gasteiger charge is -2.30. The minimum atomic E-state index is -0.0941. The first-order valence-electron chi connectivity index (χ1n) is 6.70. The van der Waals surface area contributed by atoms with Crippen LogP contribution >= 0.6 is 0 Å². The fourth-order valence-corrected chi connectivity index (χ4v) is 1.88. The maximum absolute atomic E-state index is 9.42. The third-order valence-electron chi connectivity index (χ3n) is 3.25. The molecule has 16 heavy (non-hydrogen) atoms. The smallest absolute Gasteiger partial charge is 0.0610 e. The van der Waals surface area contributed by atoms with Crippen molar-refractivity contribution in [2.45, 2.75) is 52.5 Å². The molecule has 0 fully saturated rings. The van der Waals surface area contributed by atoms with Crippen LogP contribution in [0.2, 0.25) is 0 Å². The molecule has 0 spiro atoms. The standard InChI is InChI=1S/C13H30N2O/c1-5-10-14-13(4,12-16)9-8-11-15(6-2)7-3/h14,16H,5-12H2,1-4H3. The van der Waals surface area contributed by atoms with Crippen LogP contribution in [-0.2, 0) is 0 Å². The summed E-state index contributed by atoms with van der Waals surface area (Å²) in [6.45, 7) is 13.3. The second kappa shape index (κ2) is 8.97. The first-order chi connectivity index (χ1) is 7.61. The summed E-state index contributed by atoms with van der Waals surface area (Å²) < 4.78 is 0. The van der Waals surface area contributed by atoms with Gasteiger partial charge in [-0.3, -0.25) is 0 Å². The van der Waals surface area contributed by atoms with Crippen LogP contribution in [0.4, 0.5) is 0 Å². The average Bonchev–Trinajstić information content (AvgIpc) is 2.32. The van der Waals surface area contributed by atoms with Gasteiger partial charge in [0.25, 0.3) is 0 Å². The summed E-state index contributed by atoms with van der Waals surface area (Å²) in [5.74, 6) is 0. The first-order valence-corrected chi connectivity index (χ1v) is 6.70. The molecule has 0 aliphatic heterocycles. The molecule has 0 aliphatic carbocycles. The van der Waals surface area contributed by atoms with Gasteiger partial charge in [0, 0.05) is 5.54 Å². The molecule has 0 aliphatic rings. The minimum Gasteiger partial charge on any atom is -0.394 e. The van der Waals surface area contributed by atoms with Crippen LogP contribution in [0.15, 0.2) is 0 Å². The first kappa shape index (κ1) is 15.9. The van der Waals surface area contributed by atoms with E-state index in [2.05, 4.69) is 37.9 Å². The maximum Gasteiger partial charge on any atom is 0.0610 e. The highest BCUT2D eigenvalue weighted by atomic mass is 16.3. The number of aliphatic hydroxyl groups excluding tert-OH is 1. The number of rotatable bonds is 10. The van der Waals surface area contributed by atoms with E-state index in [0.29, 0.717) is 0 Å². The summed E-state index contributed by atoms with van der Waals surface area (Å²) in [4.78, 5) is 2.43. The summed E-state index contributed by atoms with van der Waals surface area (Å²) in [6.07, 6.45) is 3.31. The predicted molar refractivity (Wildman–Crippen MR) is 70.8 cm³/mol. The molecule has 0 amide bonds. The lowest BCUT2D eigenvalue weighted by atomic mass is 9.96. The second-order valence-corrected chi connectivity index (χ2v) is 4.78. The largest absolute Gasteiger partial charge is 0.394 e. The molecule has 0 saturated carbocycles. The zero-order valence-electron chi connectivity index (χ0n) is 11.6. The SMILES string of the molecule is CCCNC(C)(CO)CCCN(CC)CC. The summed E-state index contributed by atoms with van der Waals surface area (Å²) in [7, 11) is 0. The molecule has 98 valence electrons. The van der Waals surface area contributed by atoms with Crippen LogP contribution in [0, 0.1) is 0 Å². The quantitative estimate of drug-likeness (QED) is 0.601. The normalized spacial score (nSPS) is 15.4. The Bertz CT molecular complexity index is 160. The molecule has 0 aromatic rings. The third-order valence-corrected chi connectivity index (χ3v) is 3.25. The van der Waals surface area contributed by atoms with Crippen molar-refractivity contribution in [1.82, 2.24) is 10.2 Å². The zero-order chi connectivity index (χ0) is 12.4. The Morgan fingerprint density at radius 2 is 1.81 bits per heavy atom. The maximum atomic E-state index is 9.42. The fourth-order valence-electron chi connectivity index (χ4n) is 1.88. The van der Waals surface area contributed by atoms with Crippen molar-refractivity contribution in [3.8, 4) is 0 Å². The van der Waals surface area contributed by atoms with Gasteiger partial charge in [-0.25, -0.2) is 0 Å². The molecule has 3 nitrogen and oxygen atoms in total. The van der Waals surface area contributed by atoms with Crippen LogP contribution < -0.4 is 5.32 Å². The Labute approximate surface area is 101 Å². The Morgan fingerprint density at radius 3 is 2.25 bits per heavy atom. The highest BCUT2D eigenvalue weighted by molar-refractivity contribution is 4.82. The summed E-state index contributed by atoms with van der Waals surface area (Å²) >= 11 is 0. The molecule has 1 unspecified atom stereocenters. The molecule has 3 heteroatoms. The van der Waals surface area contributed by atoms with Gasteiger partial charge in [-0.1, -0.05) is 20.8 Å². The van der Waals surface area contributed by atoms with Crippen molar-refractivity contribution < 1.29 is 5.11 Å². The topological polar surface area (TPSA) is 35.5 Å². The molecule has 0 radical (unpaired) electrons. The molecule has 0 bridgehead atoms. The number of nitrogens with one attached hydrogen (secondary N) is 1. The van der Waals surface area contributed by atoms with Crippen LogP contribution in [0.5, 0.6) is 0 Å². The predicted octanol–water partition coefficient (Wildman–Crippen LogP) is 1.86. The lowest BCUT2D eigenvalue weighted by Crippen LogP contribution is -2.46. The molecule has 0 rings (SSSR count). The van der Waals surface area contributed by atoms with Crippen LogP contribution in [0.3, 0.4) is 0 Å². The van der Waals surface area contributed by atoms with E-state index in [0.717, 1.165) is 45.4 Å². The molecule has 0 aromatic carbocycles. The van der Waals surface area contributed by atoms with Crippen molar-refractivity contribution in [2.24, 2.45) is 0 Å². The van der Waals surface area contributed by atoms with E-state index in [9.17, 15) is 5.11 Å². The van der Waals surface area contributed by atoms with Crippen molar-refractivity contribution in [3.63, 3.8) is 0 Å². The van der Waals surface area contributed by atoms with Crippen molar-refractivity contribution in [2.75, 3.05) is 32.8 Å². The van der Waals surface area contributed by atoms with Crippen LogP contribution in [0.1, 0.15) is 47.0 Å². The van der Waals surface area contributed by atoms with E-state index >= 15 is 0 Å². The van der Waals surface area contributed by atoms with Gasteiger partial charge >= 0.3 is 0 Å². The van der Waals surface area contributed by atoms with E-state index in [1.807, 2.05) is 0 Å². The zero-order valence-corrected chi connectivity index (χ0v) is 11.6. The van der Waals surface area contributed by atoms with Gasteiger partial charge in [-0.2, -0.15) is 0 Å². The van der Waals surface area contributed by atoms with Gasteiger partial charge < -0.3 is 15.3 Å². The van der Waals surface area contributed by atoms with Gasteiger partial charge in [0.15, 0.2) is 0 Å². The summed E-state index contributed by atoms with van der Waals surface area (Å²) in [5, 5.41) is 12.9. The molecule has 2 N–H and O–H groups in total. The highest BCUT2D eigenvalue weighted by Crippen LogP contribution is 2.12. The Morgan fingerprint density at radius 1 is 1.19 bits per heavy atom. The van der Waals surface area contributed by atoms with Crippen LogP contribution in [-0.4, -0.2) is 48.3 Å². The Balaban J connectivity index is 3.84. The Kier molecular flexibility index (Phi) is 8.90. The molecular formula is C13H30N2O. The molecule has 0 heterocycles. The third kappa shape index (κ3) is 6.46. The van der Waals surface area contributed by atoms with Gasteiger partial charge in [0.1, 0.15) is 0 Å². The van der Waals surface area contributed by atoms with Gasteiger partial charge in [0.05, 0.1) is 6.61 Å². The molecule has 0 saturated heterocycles. The Hall–Kier alpha value is -0.120. The monoisotopic (exact) mass is 230 g/mol. The molecule has 0 aromatic heterocycles. The van der Waals surface area contributed by atoms with E-state index < -0.39 is 0 Å². The minimum absolute atomic E-state index is 0.0941. The number of hydrogen-bond acceptors (Lipinski definition) is 3. The van der Waals surface area contributed by atoms with Crippen molar-refractivity contribution in [3.05, 3.63) is 0 Å². The molecule has 1 atom stereocenters. The van der Waals surface area contributed by atoms with Crippen molar-refractivity contribution in [1.29, 1.82) is 0 Å². The number of hydrogen-bond donors (Lipinski definition) is 2. The number of nitrogens with zero attached hydrogens (tertiary/aromatic N) is 1. The van der Waals surface area contributed by atoms with E-state index in [-0.39, 0.29) is 12.1 Å².